The molecule has 0 saturated carbocycles. The molecule has 1 aliphatic rings. The minimum Gasteiger partial charge on any atom is -0.451 e. The Bertz CT molecular complexity index is 1220. The number of amides is 1. The van der Waals surface area contributed by atoms with Gasteiger partial charge in [-0.15, -0.1) is 0 Å². The Morgan fingerprint density at radius 1 is 1.13 bits per heavy atom. The van der Waals surface area contributed by atoms with Gasteiger partial charge in [0.25, 0.3) is 5.91 Å². The van der Waals surface area contributed by atoms with Crippen molar-refractivity contribution in [2.45, 2.75) is 39.0 Å². The summed E-state index contributed by atoms with van der Waals surface area (Å²) in [7, 11) is 0. The average Bonchev–Trinajstić information content (AvgIpc) is 3.44. The van der Waals surface area contributed by atoms with Crippen LogP contribution >= 0.6 is 0 Å². The van der Waals surface area contributed by atoms with Crippen LogP contribution in [0.1, 0.15) is 53.3 Å². The highest BCUT2D eigenvalue weighted by molar-refractivity contribution is 5.99. The fraction of sp³-hybridized carbons (Fsp3) is 0.320. The summed E-state index contributed by atoms with van der Waals surface area (Å²) in [5, 5.41) is 5.16. The number of fused-ring (bicyclic) bond motifs is 1. The standard InChI is InChI=1S/C25H25N3O3/c1-3-17-9-10-21-20(15-17)16(2)22(30-21)25(29)28-13-11-19(12-14-28)24-26-23(27-31-24)18-7-5-4-6-8-18/h4-10,15,19H,3,11-14H2,1-2H3. The largest absolute Gasteiger partial charge is 0.451 e. The maximum atomic E-state index is 13.2. The first-order chi connectivity index (χ1) is 15.1. The number of carbonyl (C=O) groups excluding carboxylic acids is 1. The van der Waals surface area contributed by atoms with Gasteiger partial charge in [0.1, 0.15) is 5.58 Å². The van der Waals surface area contributed by atoms with Gasteiger partial charge < -0.3 is 13.8 Å². The molecule has 0 unspecified atom stereocenters. The van der Waals surface area contributed by atoms with Gasteiger partial charge in [0.15, 0.2) is 5.76 Å². The van der Waals surface area contributed by atoms with Crippen molar-refractivity contribution in [1.82, 2.24) is 15.0 Å². The first-order valence-corrected chi connectivity index (χ1v) is 10.8. The molecule has 0 bridgehead atoms. The maximum Gasteiger partial charge on any atom is 0.289 e. The van der Waals surface area contributed by atoms with Crippen molar-refractivity contribution in [3.05, 3.63) is 71.3 Å². The molecule has 6 heteroatoms. The SMILES string of the molecule is CCc1ccc2oc(C(=O)N3CCC(c4nc(-c5ccccc5)no4)CC3)c(C)c2c1. The van der Waals surface area contributed by atoms with E-state index in [4.69, 9.17) is 8.94 Å². The Hall–Kier alpha value is -3.41. The van der Waals surface area contributed by atoms with Crippen LogP contribution in [0.3, 0.4) is 0 Å². The molecule has 1 amide bonds. The lowest BCUT2D eigenvalue weighted by Gasteiger charge is -2.29. The molecule has 5 rings (SSSR count). The molecule has 0 aliphatic carbocycles. The van der Waals surface area contributed by atoms with E-state index in [0.29, 0.717) is 30.6 Å². The summed E-state index contributed by atoms with van der Waals surface area (Å²) in [6.45, 7) is 5.38. The molecule has 0 spiro atoms. The van der Waals surface area contributed by atoms with Crippen molar-refractivity contribution in [3.63, 3.8) is 0 Å². The van der Waals surface area contributed by atoms with Gasteiger partial charge >= 0.3 is 0 Å². The lowest BCUT2D eigenvalue weighted by Crippen LogP contribution is -2.38. The number of benzene rings is 2. The molecule has 0 N–H and O–H groups in total. The Balaban J connectivity index is 1.29. The van der Waals surface area contributed by atoms with E-state index >= 15 is 0 Å². The van der Waals surface area contributed by atoms with E-state index in [9.17, 15) is 4.79 Å². The van der Waals surface area contributed by atoms with E-state index < -0.39 is 0 Å². The normalized spacial score (nSPS) is 15.0. The quantitative estimate of drug-likeness (QED) is 0.448. The third-order valence-electron chi connectivity index (χ3n) is 6.21. The van der Waals surface area contributed by atoms with Crippen LogP contribution < -0.4 is 0 Å². The van der Waals surface area contributed by atoms with E-state index in [1.807, 2.05) is 48.2 Å². The van der Waals surface area contributed by atoms with Crippen LogP contribution in [0, 0.1) is 6.92 Å². The summed E-state index contributed by atoms with van der Waals surface area (Å²) in [6, 6.07) is 15.9. The topological polar surface area (TPSA) is 72.4 Å². The molecule has 0 radical (unpaired) electrons. The molecular weight excluding hydrogens is 390 g/mol. The van der Waals surface area contributed by atoms with E-state index in [0.717, 1.165) is 41.4 Å². The van der Waals surface area contributed by atoms with Gasteiger partial charge in [0.2, 0.25) is 11.7 Å². The summed E-state index contributed by atoms with van der Waals surface area (Å²) >= 11 is 0. The Morgan fingerprint density at radius 2 is 1.90 bits per heavy atom. The van der Waals surface area contributed by atoms with Gasteiger partial charge in [-0.05, 0) is 43.9 Å². The zero-order valence-corrected chi connectivity index (χ0v) is 17.8. The summed E-state index contributed by atoms with van der Waals surface area (Å²) in [5.41, 5.74) is 3.87. The Kier molecular flexibility index (Phi) is 5.06. The maximum absolute atomic E-state index is 13.2. The van der Waals surface area contributed by atoms with E-state index in [1.54, 1.807) is 0 Å². The number of nitrogens with zero attached hydrogens (tertiary/aromatic N) is 3. The van der Waals surface area contributed by atoms with E-state index in [1.165, 1.54) is 5.56 Å². The molecule has 6 nitrogen and oxygen atoms in total. The summed E-state index contributed by atoms with van der Waals surface area (Å²) in [4.78, 5) is 19.6. The molecule has 1 saturated heterocycles. The van der Waals surface area contributed by atoms with Crippen LogP contribution in [0.2, 0.25) is 0 Å². The molecule has 4 aromatic rings. The molecule has 2 aromatic heterocycles. The monoisotopic (exact) mass is 415 g/mol. The third kappa shape index (κ3) is 3.63. The highest BCUT2D eigenvalue weighted by Gasteiger charge is 2.30. The molecule has 3 heterocycles. The smallest absolute Gasteiger partial charge is 0.289 e. The number of piperidine rings is 1. The number of likely N-dealkylation sites (tertiary alicyclic amines) is 1. The van der Waals surface area contributed by atoms with Crippen molar-refractivity contribution < 1.29 is 13.7 Å². The number of hydrogen-bond acceptors (Lipinski definition) is 5. The molecule has 1 fully saturated rings. The van der Waals surface area contributed by atoms with Crippen LogP contribution in [-0.2, 0) is 6.42 Å². The molecular formula is C25H25N3O3. The molecule has 0 atom stereocenters. The highest BCUT2D eigenvalue weighted by atomic mass is 16.5. The number of carbonyl (C=O) groups is 1. The van der Waals surface area contributed by atoms with Crippen LogP contribution in [0.25, 0.3) is 22.4 Å². The molecule has 31 heavy (non-hydrogen) atoms. The summed E-state index contributed by atoms with van der Waals surface area (Å²) in [6.07, 6.45) is 2.54. The second kappa shape index (κ2) is 8.02. The lowest BCUT2D eigenvalue weighted by atomic mass is 9.96. The number of aryl methyl sites for hydroxylation is 2. The summed E-state index contributed by atoms with van der Waals surface area (Å²) < 4.78 is 11.5. The zero-order valence-electron chi connectivity index (χ0n) is 17.8. The van der Waals surface area contributed by atoms with Gasteiger partial charge in [0, 0.05) is 35.5 Å². The van der Waals surface area contributed by atoms with E-state index in [2.05, 4.69) is 29.2 Å². The minimum atomic E-state index is -0.0410. The van der Waals surface area contributed by atoms with Crippen molar-refractivity contribution >= 4 is 16.9 Å². The van der Waals surface area contributed by atoms with Crippen molar-refractivity contribution in [2.24, 2.45) is 0 Å². The van der Waals surface area contributed by atoms with Crippen LogP contribution in [0.15, 0.2) is 57.5 Å². The first-order valence-electron chi connectivity index (χ1n) is 10.8. The summed E-state index contributed by atoms with van der Waals surface area (Å²) in [5.74, 6) is 1.83. The van der Waals surface area contributed by atoms with Crippen molar-refractivity contribution in [3.8, 4) is 11.4 Å². The van der Waals surface area contributed by atoms with Gasteiger partial charge in [-0.3, -0.25) is 4.79 Å². The Labute approximate surface area is 180 Å². The minimum absolute atomic E-state index is 0.0410. The number of aromatic nitrogens is 2. The first kappa shape index (κ1) is 19.5. The molecule has 1 aliphatic heterocycles. The number of hydrogen-bond donors (Lipinski definition) is 0. The lowest BCUT2D eigenvalue weighted by molar-refractivity contribution is 0.0674. The second-order valence-corrected chi connectivity index (χ2v) is 8.13. The Morgan fingerprint density at radius 3 is 2.65 bits per heavy atom. The van der Waals surface area contributed by atoms with Crippen LogP contribution in [0.4, 0.5) is 0 Å². The van der Waals surface area contributed by atoms with Gasteiger partial charge in [-0.2, -0.15) is 4.98 Å². The van der Waals surface area contributed by atoms with Crippen molar-refractivity contribution in [2.75, 3.05) is 13.1 Å². The fourth-order valence-corrected chi connectivity index (χ4v) is 4.27. The predicted octanol–water partition coefficient (Wildman–Crippen LogP) is 5.37. The number of rotatable bonds is 4. The fourth-order valence-electron chi connectivity index (χ4n) is 4.27. The zero-order chi connectivity index (χ0) is 21.4. The van der Waals surface area contributed by atoms with E-state index in [-0.39, 0.29) is 11.8 Å². The van der Waals surface area contributed by atoms with Gasteiger partial charge in [-0.1, -0.05) is 48.5 Å². The van der Waals surface area contributed by atoms with Gasteiger partial charge in [0.05, 0.1) is 0 Å². The van der Waals surface area contributed by atoms with Gasteiger partial charge in [-0.25, -0.2) is 0 Å². The predicted molar refractivity (Wildman–Crippen MR) is 118 cm³/mol. The molecule has 158 valence electrons. The van der Waals surface area contributed by atoms with Crippen LogP contribution in [0.5, 0.6) is 0 Å². The second-order valence-electron chi connectivity index (χ2n) is 8.13. The highest BCUT2D eigenvalue weighted by Crippen LogP contribution is 2.31. The third-order valence-corrected chi connectivity index (χ3v) is 6.21. The average molecular weight is 415 g/mol. The molecule has 2 aromatic carbocycles. The van der Waals surface area contributed by atoms with Crippen LogP contribution in [-0.4, -0.2) is 34.0 Å². The van der Waals surface area contributed by atoms with Crippen molar-refractivity contribution in [1.29, 1.82) is 0 Å². The number of furan rings is 1.